The highest BCUT2D eigenvalue weighted by Crippen LogP contribution is 2.28. The van der Waals surface area contributed by atoms with Gasteiger partial charge in [0.1, 0.15) is 11.6 Å². The Labute approximate surface area is 182 Å². The molecule has 0 aromatic rings. The molecule has 2 heterocycles. The van der Waals surface area contributed by atoms with Gasteiger partial charge in [0.2, 0.25) is 5.91 Å². The van der Waals surface area contributed by atoms with Crippen molar-refractivity contribution < 1.29 is 24.2 Å². The molecule has 10 heteroatoms. The zero-order valence-electron chi connectivity index (χ0n) is 18.0. The van der Waals surface area contributed by atoms with Crippen molar-refractivity contribution in [3.05, 3.63) is 0 Å². The van der Waals surface area contributed by atoms with Crippen molar-refractivity contribution in [3.63, 3.8) is 0 Å². The van der Waals surface area contributed by atoms with Gasteiger partial charge < -0.3 is 30.3 Å². The molecule has 3 aliphatic rings. The number of hydrogen-bond donors (Lipinski definition) is 3. The van der Waals surface area contributed by atoms with E-state index in [0.29, 0.717) is 38.6 Å². The van der Waals surface area contributed by atoms with Gasteiger partial charge in [-0.25, -0.2) is 9.59 Å². The maximum absolute atomic E-state index is 13.2. The molecule has 0 radical (unpaired) electrons. The molecular formula is C21H33N5O5. The van der Waals surface area contributed by atoms with Crippen LogP contribution in [0.3, 0.4) is 0 Å². The Morgan fingerprint density at radius 2 is 1.71 bits per heavy atom. The lowest BCUT2D eigenvalue weighted by Gasteiger charge is -2.38. The predicted molar refractivity (Wildman–Crippen MR) is 111 cm³/mol. The van der Waals surface area contributed by atoms with Gasteiger partial charge in [-0.15, -0.1) is 0 Å². The second-order valence-electron chi connectivity index (χ2n) is 8.79. The summed E-state index contributed by atoms with van der Waals surface area (Å²) >= 11 is 0. The highest BCUT2D eigenvalue weighted by atomic mass is 16.5. The molecule has 3 rings (SSSR count). The molecule has 1 atom stereocenters. The van der Waals surface area contributed by atoms with E-state index in [2.05, 4.69) is 16.7 Å². The summed E-state index contributed by atoms with van der Waals surface area (Å²) in [6.45, 7) is 2.30. The number of carbonyl (C=O) groups is 3. The lowest BCUT2D eigenvalue weighted by Crippen LogP contribution is -2.60. The number of morpholine rings is 1. The highest BCUT2D eigenvalue weighted by molar-refractivity contribution is 5.88. The number of nitrogens with zero attached hydrogens (tertiary/aromatic N) is 3. The Kier molecular flexibility index (Phi) is 7.96. The van der Waals surface area contributed by atoms with Crippen LogP contribution in [0.2, 0.25) is 0 Å². The summed E-state index contributed by atoms with van der Waals surface area (Å²) in [6.07, 6.45) is 5.51. The van der Waals surface area contributed by atoms with Gasteiger partial charge in [-0.3, -0.25) is 4.79 Å². The number of carbonyl (C=O) groups excluding carboxylic acids is 2. The summed E-state index contributed by atoms with van der Waals surface area (Å²) in [7, 11) is 0. The van der Waals surface area contributed by atoms with Gasteiger partial charge in [0.25, 0.3) is 0 Å². The fourth-order valence-electron chi connectivity index (χ4n) is 4.66. The number of nitriles is 1. The van der Waals surface area contributed by atoms with Crippen LogP contribution >= 0.6 is 0 Å². The molecule has 0 bridgehead atoms. The molecule has 3 N–H and O–H groups in total. The first-order chi connectivity index (χ1) is 14.9. The van der Waals surface area contributed by atoms with E-state index in [9.17, 15) is 19.6 Å². The minimum Gasteiger partial charge on any atom is -0.465 e. The smallest absolute Gasteiger partial charge is 0.407 e. The van der Waals surface area contributed by atoms with Crippen molar-refractivity contribution in [1.82, 2.24) is 20.4 Å². The van der Waals surface area contributed by atoms with Gasteiger partial charge in [0, 0.05) is 39.0 Å². The van der Waals surface area contributed by atoms with Gasteiger partial charge in [-0.2, -0.15) is 5.26 Å². The number of nitrogens with one attached hydrogen (secondary N) is 2. The Morgan fingerprint density at radius 3 is 2.29 bits per heavy atom. The predicted octanol–water partition coefficient (Wildman–Crippen LogP) is 1.52. The molecule has 0 aromatic heterocycles. The first-order valence-corrected chi connectivity index (χ1v) is 11.3. The summed E-state index contributed by atoms with van der Waals surface area (Å²) in [4.78, 5) is 40.1. The molecule has 4 amide bonds. The van der Waals surface area contributed by atoms with Crippen molar-refractivity contribution in [3.8, 4) is 6.07 Å². The molecule has 3 fully saturated rings. The summed E-state index contributed by atoms with van der Waals surface area (Å²) < 4.78 is 5.29. The zero-order chi connectivity index (χ0) is 22.3. The number of carboxylic acid groups (broad SMARTS) is 1. The number of hydrogen-bond acceptors (Lipinski definition) is 5. The highest BCUT2D eigenvalue weighted by Gasteiger charge is 2.39. The molecule has 172 valence electrons. The van der Waals surface area contributed by atoms with Crippen molar-refractivity contribution in [2.45, 2.75) is 62.9 Å². The van der Waals surface area contributed by atoms with E-state index in [1.54, 1.807) is 4.90 Å². The van der Waals surface area contributed by atoms with Gasteiger partial charge >= 0.3 is 12.1 Å². The summed E-state index contributed by atoms with van der Waals surface area (Å²) in [5, 5.41) is 24.7. The van der Waals surface area contributed by atoms with Crippen LogP contribution in [0.15, 0.2) is 0 Å². The molecule has 1 aliphatic carbocycles. The number of likely N-dealkylation sites (tertiary alicyclic amines) is 1. The molecular weight excluding hydrogens is 402 g/mol. The number of amides is 4. The molecule has 1 saturated carbocycles. The summed E-state index contributed by atoms with van der Waals surface area (Å²) in [6, 6.07) is 1.18. The van der Waals surface area contributed by atoms with E-state index in [1.165, 1.54) is 11.3 Å². The average molecular weight is 436 g/mol. The first kappa shape index (κ1) is 23.1. The van der Waals surface area contributed by atoms with E-state index in [4.69, 9.17) is 9.84 Å². The van der Waals surface area contributed by atoms with Crippen LogP contribution in [-0.2, 0) is 9.53 Å². The third-order valence-electron chi connectivity index (χ3n) is 6.67. The van der Waals surface area contributed by atoms with Crippen molar-refractivity contribution >= 4 is 18.0 Å². The number of rotatable bonds is 5. The van der Waals surface area contributed by atoms with E-state index in [1.807, 2.05) is 0 Å². The number of ether oxygens (including phenoxy) is 1. The van der Waals surface area contributed by atoms with Crippen LogP contribution in [0.5, 0.6) is 0 Å². The van der Waals surface area contributed by atoms with E-state index >= 15 is 0 Å². The zero-order valence-corrected chi connectivity index (χ0v) is 18.0. The second kappa shape index (κ2) is 10.7. The lowest BCUT2D eigenvalue weighted by molar-refractivity contribution is -0.125. The van der Waals surface area contributed by atoms with Crippen LogP contribution in [0.1, 0.15) is 51.4 Å². The minimum atomic E-state index is -1.11. The number of urea groups is 1. The summed E-state index contributed by atoms with van der Waals surface area (Å²) in [5.74, 6) is -0.00103. The number of piperidine rings is 1. The average Bonchev–Trinajstić information content (AvgIpc) is 2.80. The van der Waals surface area contributed by atoms with Gasteiger partial charge in [-0.1, -0.05) is 32.1 Å². The van der Waals surface area contributed by atoms with Crippen molar-refractivity contribution in [2.75, 3.05) is 39.4 Å². The van der Waals surface area contributed by atoms with Crippen LogP contribution < -0.4 is 10.6 Å². The Bertz CT molecular complexity index is 689. The van der Waals surface area contributed by atoms with Crippen molar-refractivity contribution in [1.29, 1.82) is 5.26 Å². The molecule has 2 saturated heterocycles. The van der Waals surface area contributed by atoms with E-state index < -0.39 is 17.7 Å². The minimum absolute atomic E-state index is 0.191. The third-order valence-corrected chi connectivity index (χ3v) is 6.67. The lowest BCUT2D eigenvalue weighted by atomic mass is 9.84. The van der Waals surface area contributed by atoms with Crippen LogP contribution in [0.25, 0.3) is 0 Å². The SMILES string of the molecule is N#CC1(NC(=O)C(CC2CCCCC2)NC(=O)N2CCOCC2)CCN(C(=O)O)CC1. The largest absolute Gasteiger partial charge is 0.465 e. The molecule has 1 unspecified atom stereocenters. The van der Waals surface area contributed by atoms with Gasteiger partial charge in [0.15, 0.2) is 0 Å². The Balaban J connectivity index is 1.66. The fraction of sp³-hybridized carbons (Fsp3) is 0.810. The monoisotopic (exact) mass is 435 g/mol. The van der Waals surface area contributed by atoms with Crippen LogP contribution in [0.4, 0.5) is 9.59 Å². The van der Waals surface area contributed by atoms with E-state index in [-0.39, 0.29) is 37.9 Å². The molecule has 0 spiro atoms. The summed E-state index contributed by atoms with van der Waals surface area (Å²) in [5.41, 5.74) is -1.11. The standard InChI is InChI=1S/C21H33N5O5/c22-15-21(6-8-26(9-7-21)20(29)30)24-18(27)17(14-16-4-2-1-3-5-16)23-19(28)25-10-12-31-13-11-25/h16-17H,1-14H2,(H,23,28)(H,24,27)(H,29,30). The van der Waals surface area contributed by atoms with Crippen LogP contribution in [-0.4, -0.2) is 83.9 Å². The topological polar surface area (TPSA) is 135 Å². The molecule has 31 heavy (non-hydrogen) atoms. The van der Waals surface area contributed by atoms with Gasteiger partial charge in [-0.05, 0) is 12.3 Å². The maximum Gasteiger partial charge on any atom is 0.407 e. The third kappa shape index (κ3) is 6.23. The Hall–Kier alpha value is -2.54. The fourth-order valence-corrected chi connectivity index (χ4v) is 4.66. The normalized spacial score (nSPS) is 22.8. The van der Waals surface area contributed by atoms with E-state index in [0.717, 1.165) is 25.7 Å². The first-order valence-electron chi connectivity index (χ1n) is 11.3. The molecule has 0 aromatic carbocycles. The van der Waals surface area contributed by atoms with Gasteiger partial charge in [0.05, 0.1) is 19.3 Å². The second-order valence-corrected chi connectivity index (χ2v) is 8.79. The molecule has 2 aliphatic heterocycles. The van der Waals surface area contributed by atoms with Crippen LogP contribution in [0, 0.1) is 17.2 Å². The van der Waals surface area contributed by atoms with Crippen molar-refractivity contribution in [2.24, 2.45) is 5.92 Å². The maximum atomic E-state index is 13.2. The Morgan fingerprint density at radius 1 is 1.06 bits per heavy atom. The quantitative estimate of drug-likeness (QED) is 0.599. The molecule has 10 nitrogen and oxygen atoms in total.